The number of rotatable bonds is 29. The molecule has 9 aliphatic rings. The number of anilines is 12. The first kappa shape index (κ1) is 114. The van der Waals surface area contributed by atoms with E-state index in [2.05, 4.69) is 113 Å². The Morgan fingerprint density at radius 2 is 0.718 bits per heavy atom. The lowest BCUT2D eigenvalue weighted by molar-refractivity contribution is -0.117. The fourth-order valence-electron chi connectivity index (χ4n) is 18.5. The number of piperidine rings is 1. The average Bonchev–Trinajstić information content (AvgIpc) is 1.49. The molecule has 784 valence electrons. The summed E-state index contributed by atoms with van der Waals surface area (Å²) >= 11 is 0. The van der Waals surface area contributed by atoms with Crippen LogP contribution in [0.1, 0.15) is 91.3 Å². The number of nitrogens with one attached hydrogen (secondary N) is 1. The summed E-state index contributed by atoms with van der Waals surface area (Å²) < 4.78 is 131. The number of nitrogens with zero attached hydrogens (tertiary/aromatic N) is 13. The lowest BCUT2D eigenvalue weighted by Crippen LogP contribution is -2.48. The molecule has 36 nitrogen and oxygen atoms in total. The van der Waals surface area contributed by atoms with Gasteiger partial charge in [0.05, 0.1) is 117 Å². The van der Waals surface area contributed by atoms with E-state index in [4.69, 9.17) is 57.8 Å². The number of amides is 4. The molecule has 0 radical (unpaired) electrons. The van der Waals surface area contributed by atoms with Crippen LogP contribution in [0.15, 0.2) is 138 Å². The van der Waals surface area contributed by atoms with Crippen LogP contribution in [-0.2, 0) is 147 Å². The number of benzene rings is 7. The molecule has 3 N–H and O–H groups in total. The molecule has 0 atom stereocenters. The Morgan fingerprint density at radius 3 is 1.13 bits per heavy atom. The Bertz CT molecular complexity index is 5510. The highest BCUT2D eigenvalue weighted by atomic mass is 32.2. The number of carbonyl (C=O) groups is 4. The minimum atomic E-state index is -3.19. The molecule has 16 rings (SSSR count). The van der Waals surface area contributed by atoms with Gasteiger partial charge in [-0.3, -0.25) is 19.2 Å². The van der Waals surface area contributed by atoms with E-state index < -0.39 is 29.9 Å². The summed E-state index contributed by atoms with van der Waals surface area (Å²) in [6.45, 7) is 28.2. The minimum absolute atomic E-state index is 0.0344. The first-order chi connectivity index (χ1) is 68.2. The second kappa shape index (κ2) is 57.1. The van der Waals surface area contributed by atoms with Gasteiger partial charge in [-0.15, -0.1) is 0 Å². The number of piperazine rings is 2. The summed E-state index contributed by atoms with van der Waals surface area (Å²) in [6.07, 6.45) is 9.31. The first-order valence-corrected chi connectivity index (χ1v) is 54.3. The number of nitrogen functional groups attached to an aromatic ring is 1. The molecule has 9 aliphatic heterocycles. The van der Waals surface area contributed by atoms with Crippen LogP contribution in [-0.4, -0.2) is 342 Å². The molecule has 0 aliphatic carbocycles. The number of hydrogen-bond acceptors (Lipinski definition) is 30. The van der Waals surface area contributed by atoms with Gasteiger partial charge in [0.1, 0.15) is 0 Å². The molecule has 7 aromatic carbocycles. The predicted octanol–water partition coefficient (Wildman–Crippen LogP) is 10.1. The second-order valence-corrected chi connectivity index (χ2v) is 42.3. The van der Waals surface area contributed by atoms with Gasteiger partial charge in [0, 0.05) is 334 Å². The largest absolute Gasteiger partial charge is 0.399 e. The zero-order chi connectivity index (χ0) is 102. The minimum Gasteiger partial charge on any atom is -0.399 e. The van der Waals surface area contributed by atoms with Crippen molar-refractivity contribution < 1.29 is 96.5 Å². The summed E-state index contributed by atoms with van der Waals surface area (Å²) in [7, 11) is 8.37. The van der Waals surface area contributed by atoms with Crippen molar-refractivity contribution in [2.75, 3.05) is 333 Å². The molecule has 9 saturated heterocycles. The maximum Gasteiger partial charge on any atom is 0.227 e. The Kier molecular flexibility index (Phi) is 45.9. The van der Waals surface area contributed by atoms with Gasteiger partial charge in [-0.1, -0.05) is 24.3 Å². The van der Waals surface area contributed by atoms with E-state index in [-0.39, 0.29) is 23.6 Å². The fourth-order valence-corrected chi connectivity index (χ4v) is 20.8. The van der Waals surface area contributed by atoms with E-state index in [9.17, 15) is 44.4 Å². The van der Waals surface area contributed by atoms with Crippen molar-refractivity contribution in [3.63, 3.8) is 0 Å². The molecule has 9 fully saturated rings. The molecule has 7 aromatic rings. The van der Waals surface area contributed by atoms with Gasteiger partial charge in [-0.25, -0.2) is 25.3 Å². The Morgan fingerprint density at radius 1 is 0.373 bits per heavy atom. The van der Waals surface area contributed by atoms with Crippen molar-refractivity contribution in [1.29, 1.82) is 0 Å². The molecule has 0 aromatic heterocycles. The van der Waals surface area contributed by atoms with Crippen LogP contribution >= 0.6 is 0 Å². The van der Waals surface area contributed by atoms with Crippen LogP contribution in [0.3, 0.4) is 0 Å². The van der Waals surface area contributed by atoms with Crippen LogP contribution in [0.25, 0.3) is 0 Å². The monoisotopic (exact) mass is 2030 g/mol. The molecule has 4 amide bonds. The van der Waals surface area contributed by atoms with Gasteiger partial charge in [0.2, 0.25) is 43.7 Å². The maximum atomic E-state index is 12.0. The Labute approximate surface area is 842 Å². The SMILES string of the molecule is COCc1cc(N(C)C(C)=O)ccc1N1CCN(S(C)(=O)=O)CC1.COCc1cc(N)ccc1N1CCN(S(C)(=O)=O)CC1.COCc1cc(N2CCCC2=O)ccc1N1CCC(N(C)C)CC1.COCc1cc(NC(C)=O)ccc1N1CCOCC1.COCc1cc(S(C)(=O)=O)ccc1N1CCOCC1.COCc1ccc(N2CCCC2=O)cc1N1CCOCC1.COCc1ccccc1N1CCOCC1. The van der Waals surface area contributed by atoms with E-state index in [1.54, 1.807) is 73.8 Å². The normalized spacial score (nSPS) is 17.4. The first-order valence-electron chi connectivity index (χ1n) is 48.7. The van der Waals surface area contributed by atoms with Crippen molar-refractivity contribution in [1.82, 2.24) is 13.5 Å². The summed E-state index contributed by atoms with van der Waals surface area (Å²) in [5.74, 6) is 0.357. The maximum absolute atomic E-state index is 12.0. The average molecular weight is 2030 g/mol. The molecule has 0 bridgehead atoms. The molecule has 142 heavy (non-hydrogen) atoms. The van der Waals surface area contributed by atoms with Crippen molar-refractivity contribution in [2.45, 2.75) is 110 Å². The molecule has 0 saturated carbocycles. The Balaban J connectivity index is 0.000000171. The smallest absolute Gasteiger partial charge is 0.227 e. The lowest BCUT2D eigenvalue weighted by atomic mass is 10.0. The number of carbonyl (C=O) groups excluding carboxylic acids is 4. The van der Waals surface area contributed by atoms with Crippen LogP contribution in [0.5, 0.6) is 0 Å². The number of methoxy groups -OCH3 is 7. The molecule has 0 unspecified atom stereocenters. The van der Waals surface area contributed by atoms with Crippen LogP contribution in [0.2, 0.25) is 0 Å². The van der Waals surface area contributed by atoms with E-state index in [0.717, 1.165) is 210 Å². The molecule has 9 heterocycles. The van der Waals surface area contributed by atoms with E-state index in [1.807, 2.05) is 76.5 Å². The number of ether oxygens (including phenoxy) is 11. The molecular formula is C103H153N15O21S3. The molecular weight excluding hydrogens is 1880 g/mol. The fraction of sp³-hybridized carbons (Fsp3) is 0.553. The molecule has 0 spiro atoms. The van der Waals surface area contributed by atoms with Gasteiger partial charge in [-0.05, 0) is 149 Å². The van der Waals surface area contributed by atoms with E-state index in [1.165, 1.54) is 76.6 Å². The predicted molar refractivity (Wildman–Crippen MR) is 562 cm³/mol. The van der Waals surface area contributed by atoms with Crippen molar-refractivity contribution in [2.24, 2.45) is 0 Å². The quantitative estimate of drug-likeness (QED) is 0.0411. The van der Waals surface area contributed by atoms with Gasteiger partial charge < -0.3 is 117 Å². The summed E-state index contributed by atoms with van der Waals surface area (Å²) in [5, 5.41) is 2.80. The third-order valence-corrected chi connectivity index (χ3v) is 29.7. The zero-order valence-corrected chi connectivity index (χ0v) is 88.4. The topological polar surface area (TPSA) is 352 Å². The number of morpholine rings is 4. The number of para-hydroxylation sites is 1. The highest BCUT2D eigenvalue weighted by Crippen LogP contribution is 2.37. The summed E-state index contributed by atoms with van der Waals surface area (Å²) in [6, 6.07) is 44.4. The van der Waals surface area contributed by atoms with Gasteiger partial charge in [0.15, 0.2) is 9.84 Å². The number of nitrogens with two attached hydrogens (primary N) is 1. The summed E-state index contributed by atoms with van der Waals surface area (Å²) in [4.78, 5) is 70.6. The third-order valence-electron chi connectivity index (χ3n) is 25.9. The zero-order valence-electron chi connectivity index (χ0n) is 86.0. The van der Waals surface area contributed by atoms with Crippen LogP contribution in [0.4, 0.5) is 68.2 Å². The highest BCUT2D eigenvalue weighted by Gasteiger charge is 2.32. The van der Waals surface area contributed by atoms with Crippen LogP contribution < -0.4 is 60.0 Å². The molecule has 39 heteroatoms. The van der Waals surface area contributed by atoms with Gasteiger partial charge >= 0.3 is 0 Å². The van der Waals surface area contributed by atoms with E-state index in [0.29, 0.717) is 141 Å². The van der Waals surface area contributed by atoms with Crippen molar-refractivity contribution in [3.05, 3.63) is 172 Å². The lowest BCUT2D eigenvalue weighted by Gasteiger charge is -2.37. The third kappa shape index (κ3) is 34.1. The van der Waals surface area contributed by atoms with Crippen molar-refractivity contribution >= 4 is 122 Å². The number of sulfone groups is 1. The highest BCUT2D eigenvalue weighted by molar-refractivity contribution is 7.90. The summed E-state index contributed by atoms with van der Waals surface area (Å²) in [5.41, 5.74) is 25.7. The Hall–Kier alpha value is -9.89. The van der Waals surface area contributed by atoms with Crippen LogP contribution in [0, 0.1) is 0 Å². The van der Waals surface area contributed by atoms with E-state index >= 15 is 0 Å². The number of sulfonamides is 2. The standard InChI is InChI=1S/C19H29N3O2.C16H25N3O4S.C16H22N2O3.C14H20N2O3.C13H21N3O3S.C13H19NO4S.C12H17NO2/c1-20(2)16-8-11-21(12-9-16)18-7-6-17(13-15(18)14-24-3)22-10-4-5-19(22)23;1-13(20)17(2)15-5-6-16(14(11-15)12-23-3)18-7-9-19(10-8-18)24(4,21)22;1-20-12-13-4-5-14(18-6-2-3-16(18)19)11-15(13)17-7-9-21-10-8-17;1-11(17)15-13-3-4-14(12(9-13)10-18-2)16-5-7-19-8-6-16;1-19-10-11-9-12(14)3-4-13(11)15-5-7-16(8-6-15)20(2,17)18;1-17-10-11-9-12(19(2,15)16)3-4-13(11)14-5-7-18-8-6-14;1-14-10-11-4-2-3-5-12(11)13-6-8-15-9-7-13/h6-7,13,16H,4-5,8-12,14H2,1-3H3;5-6,11H,7-10,12H2,1-4H3;4-5,11H,2-3,6-10,12H2,1H3;3-4,9H,5-8,10H2,1-2H3,(H,15,17);3-4,9H,5-8,10,14H2,1-2H3;3-4,9H,5-8,10H2,1-2H3;2-5H,6-10H2,1H3. The van der Waals surface area contributed by atoms with Crippen molar-refractivity contribution in [3.8, 4) is 0 Å². The van der Waals surface area contributed by atoms with Gasteiger partial charge in [-0.2, -0.15) is 8.61 Å². The number of hydrogen-bond donors (Lipinski definition) is 2. The second-order valence-electron chi connectivity index (χ2n) is 36.3. The van der Waals surface area contributed by atoms with Gasteiger partial charge in [0.25, 0.3) is 0 Å².